The number of ether oxygens (including phenoxy) is 1. The Balaban J connectivity index is 1.99. The second-order valence-electron chi connectivity index (χ2n) is 3.90. The number of hydrogen-bond acceptors (Lipinski definition) is 6. The molecule has 1 fully saturated rings. The van der Waals surface area contributed by atoms with Crippen molar-refractivity contribution in [1.82, 2.24) is 10.4 Å². The van der Waals surface area contributed by atoms with Crippen molar-refractivity contribution in [3.8, 4) is 0 Å². The molecule has 0 bridgehead atoms. The van der Waals surface area contributed by atoms with E-state index in [9.17, 15) is 4.79 Å². The summed E-state index contributed by atoms with van der Waals surface area (Å²) < 4.78 is 5.31. The number of rotatable bonds is 3. The third-order valence-electron chi connectivity index (χ3n) is 2.89. The number of hydrazine groups is 1. The van der Waals surface area contributed by atoms with Crippen LogP contribution in [0.1, 0.15) is 22.5 Å². The summed E-state index contributed by atoms with van der Waals surface area (Å²) in [5.74, 6) is 4.79. The van der Waals surface area contributed by atoms with Crippen LogP contribution in [0.25, 0.3) is 0 Å². The summed E-state index contributed by atoms with van der Waals surface area (Å²) in [7, 11) is 1.74. The Morgan fingerprint density at radius 2 is 2.35 bits per heavy atom. The van der Waals surface area contributed by atoms with Crippen LogP contribution in [0.2, 0.25) is 0 Å². The van der Waals surface area contributed by atoms with Crippen molar-refractivity contribution in [3.05, 3.63) is 11.1 Å². The molecule has 0 spiro atoms. The molecule has 6 nitrogen and oxygen atoms in total. The fourth-order valence-corrected chi connectivity index (χ4v) is 2.74. The van der Waals surface area contributed by atoms with E-state index in [1.807, 2.05) is 0 Å². The number of hydrogen-bond donors (Lipinski definition) is 2. The molecule has 0 atom stereocenters. The summed E-state index contributed by atoms with van der Waals surface area (Å²) in [6, 6.07) is 0. The van der Waals surface area contributed by atoms with Crippen LogP contribution < -0.4 is 16.2 Å². The molecular formula is C10H16N4O2S. The molecule has 1 aliphatic heterocycles. The molecule has 1 aromatic heterocycles. The number of nitrogens with zero attached hydrogens (tertiary/aromatic N) is 2. The van der Waals surface area contributed by atoms with Gasteiger partial charge in [-0.3, -0.25) is 10.2 Å². The van der Waals surface area contributed by atoms with E-state index in [0.717, 1.165) is 31.1 Å². The summed E-state index contributed by atoms with van der Waals surface area (Å²) >= 11 is 1.36. The molecule has 1 aliphatic rings. The first kappa shape index (κ1) is 12.3. The number of aromatic nitrogens is 1. The number of nitrogens with two attached hydrogens (primary N) is 1. The lowest BCUT2D eigenvalue weighted by Gasteiger charge is -2.30. The molecule has 1 aromatic rings. The highest BCUT2D eigenvalue weighted by atomic mass is 32.1. The lowest BCUT2D eigenvalue weighted by Crippen LogP contribution is -2.36. The lowest BCUT2D eigenvalue weighted by molar-refractivity contribution is 0.0819. The van der Waals surface area contributed by atoms with Crippen molar-refractivity contribution in [1.29, 1.82) is 0 Å². The van der Waals surface area contributed by atoms with Gasteiger partial charge in [0.2, 0.25) is 0 Å². The van der Waals surface area contributed by atoms with Gasteiger partial charge in [-0.25, -0.2) is 10.8 Å². The number of carbonyl (C=O) groups is 1. The Hall–Kier alpha value is -1.18. The summed E-state index contributed by atoms with van der Waals surface area (Å²) in [6.07, 6.45) is 3.89. The van der Waals surface area contributed by atoms with E-state index in [-0.39, 0.29) is 5.91 Å². The number of piperidine rings is 1. The molecule has 0 unspecified atom stereocenters. The van der Waals surface area contributed by atoms with E-state index in [1.54, 1.807) is 13.3 Å². The maximum atomic E-state index is 11.3. The molecule has 2 heterocycles. The number of carbonyl (C=O) groups excluding carboxylic acids is 1. The Kier molecular flexibility index (Phi) is 3.93. The summed E-state index contributed by atoms with van der Waals surface area (Å²) in [6.45, 7) is 1.82. The summed E-state index contributed by atoms with van der Waals surface area (Å²) in [5.41, 5.74) is 2.11. The molecule has 0 saturated carbocycles. The standard InChI is InChI=1S/C10H16N4O2S/c1-16-7-2-4-14(5-3-7)10-12-6-8(17-10)9(15)13-11/h6-7H,2-5,11H2,1H3,(H,13,15). The van der Waals surface area contributed by atoms with Crippen LogP contribution in [0.4, 0.5) is 5.13 Å². The normalized spacial score (nSPS) is 17.2. The van der Waals surface area contributed by atoms with Gasteiger partial charge < -0.3 is 9.64 Å². The fourth-order valence-electron chi connectivity index (χ4n) is 1.87. The van der Waals surface area contributed by atoms with Crippen LogP contribution in [-0.2, 0) is 4.74 Å². The average Bonchev–Trinajstić information content (AvgIpc) is 2.87. The van der Waals surface area contributed by atoms with Gasteiger partial charge in [0.15, 0.2) is 5.13 Å². The Bertz CT molecular complexity index is 387. The van der Waals surface area contributed by atoms with Crippen molar-refractivity contribution in [2.24, 2.45) is 5.84 Å². The second-order valence-corrected chi connectivity index (χ2v) is 4.91. The summed E-state index contributed by atoms with van der Waals surface area (Å²) in [5, 5.41) is 0.873. The van der Waals surface area contributed by atoms with Gasteiger partial charge in [0, 0.05) is 20.2 Å². The van der Waals surface area contributed by atoms with Crippen LogP contribution in [0.15, 0.2) is 6.20 Å². The zero-order chi connectivity index (χ0) is 12.3. The molecule has 1 amide bonds. The first-order valence-electron chi connectivity index (χ1n) is 5.49. The highest BCUT2D eigenvalue weighted by molar-refractivity contribution is 7.17. The third kappa shape index (κ3) is 2.74. The van der Waals surface area contributed by atoms with Crippen molar-refractivity contribution in [2.75, 3.05) is 25.1 Å². The molecule has 2 rings (SSSR count). The zero-order valence-electron chi connectivity index (χ0n) is 9.68. The number of amides is 1. The lowest BCUT2D eigenvalue weighted by atomic mass is 10.1. The maximum absolute atomic E-state index is 11.3. The van der Waals surface area contributed by atoms with E-state index >= 15 is 0 Å². The minimum atomic E-state index is -0.291. The minimum absolute atomic E-state index is 0.291. The number of thiazole rings is 1. The van der Waals surface area contributed by atoms with E-state index in [0.29, 0.717) is 11.0 Å². The Labute approximate surface area is 104 Å². The highest BCUT2D eigenvalue weighted by Crippen LogP contribution is 2.25. The van der Waals surface area contributed by atoms with E-state index in [4.69, 9.17) is 10.6 Å². The summed E-state index contributed by atoms with van der Waals surface area (Å²) in [4.78, 5) is 18.3. The predicted molar refractivity (Wildman–Crippen MR) is 66.0 cm³/mol. The SMILES string of the molecule is COC1CCN(c2ncc(C(=O)NN)s2)CC1. The predicted octanol–water partition coefficient (Wildman–Crippen LogP) is 0.362. The first-order valence-corrected chi connectivity index (χ1v) is 6.30. The van der Waals surface area contributed by atoms with Gasteiger partial charge >= 0.3 is 0 Å². The van der Waals surface area contributed by atoms with Gasteiger partial charge in [-0.2, -0.15) is 0 Å². The van der Waals surface area contributed by atoms with E-state index < -0.39 is 0 Å². The minimum Gasteiger partial charge on any atom is -0.381 e. The zero-order valence-corrected chi connectivity index (χ0v) is 10.5. The maximum Gasteiger partial charge on any atom is 0.276 e. The van der Waals surface area contributed by atoms with E-state index in [2.05, 4.69) is 15.3 Å². The molecule has 94 valence electrons. The second kappa shape index (κ2) is 5.44. The number of nitrogen functional groups attached to an aromatic ring is 1. The number of methoxy groups -OCH3 is 1. The largest absolute Gasteiger partial charge is 0.381 e. The van der Waals surface area contributed by atoms with Gasteiger partial charge in [0.1, 0.15) is 4.88 Å². The van der Waals surface area contributed by atoms with Crippen LogP contribution >= 0.6 is 11.3 Å². The Morgan fingerprint density at radius 1 is 1.65 bits per heavy atom. The van der Waals surface area contributed by atoms with Gasteiger partial charge in [0.25, 0.3) is 5.91 Å². The number of anilines is 1. The highest BCUT2D eigenvalue weighted by Gasteiger charge is 2.21. The van der Waals surface area contributed by atoms with Crippen LogP contribution in [0.3, 0.4) is 0 Å². The monoisotopic (exact) mass is 256 g/mol. The van der Waals surface area contributed by atoms with Crippen LogP contribution in [-0.4, -0.2) is 37.2 Å². The van der Waals surface area contributed by atoms with Crippen molar-refractivity contribution >= 4 is 22.4 Å². The molecule has 1 saturated heterocycles. The molecule has 0 radical (unpaired) electrons. The topological polar surface area (TPSA) is 80.5 Å². The van der Waals surface area contributed by atoms with Gasteiger partial charge in [-0.15, -0.1) is 0 Å². The van der Waals surface area contributed by atoms with Gasteiger partial charge in [0.05, 0.1) is 12.3 Å². The van der Waals surface area contributed by atoms with Crippen molar-refractivity contribution in [2.45, 2.75) is 18.9 Å². The van der Waals surface area contributed by atoms with E-state index in [1.165, 1.54) is 11.3 Å². The van der Waals surface area contributed by atoms with Crippen molar-refractivity contribution in [3.63, 3.8) is 0 Å². The number of nitrogens with one attached hydrogen (secondary N) is 1. The van der Waals surface area contributed by atoms with Gasteiger partial charge in [-0.1, -0.05) is 11.3 Å². The molecule has 0 aliphatic carbocycles. The molecule has 7 heteroatoms. The molecule has 0 aromatic carbocycles. The quantitative estimate of drug-likeness (QED) is 0.464. The first-order chi connectivity index (χ1) is 8.24. The van der Waals surface area contributed by atoms with Crippen LogP contribution in [0, 0.1) is 0 Å². The fraction of sp³-hybridized carbons (Fsp3) is 0.600. The molecular weight excluding hydrogens is 240 g/mol. The Morgan fingerprint density at radius 3 is 2.94 bits per heavy atom. The average molecular weight is 256 g/mol. The van der Waals surface area contributed by atoms with Crippen LogP contribution in [0.5, 0.6) is 0 Å². The molecule has 3 N–H and O–H groups in total. The molecule has 17 heavy (non-hydrogen) atoms. The van der Waals surface area contributed by atoms with Crippen molar-refractivity contribution < 1.29 is 9.53 Å². The smallest absolute Gasteiger partial charge is 0.276 e. The third-order valence-corrected chi connectivity index (χ3v) is 3.95. The van der Waals surface area contributed by atoms with Gasteiger partial charge in [-0.05, 0) is 12.8 Å².